The highest BCUT2D eigenvalue weighted by molar-refractivity contribution is 5.27. The van der Waals surface area contributed by atoms with Crippen molar-refractivity contribution in [3.8, 4) is 5.75 Å². The van der Waals surface area contributed by atoms with Crippen LogP contribution in [0.3, 0.4) is 0 Å². The van der Waals surface area contributed by atoms with Crippen molar-refractivity contribution in [1.82, 2.24) is 5.32 Å². The number of ether oxygens (including phenoxy) is 1. The van der Waals surface area contributed by atoms with Crippen LogP contribution >= 0.6 is 0 Å². The van der Waals surface area contributed by atoms with E-state index in [2.05, 4.69) is 10.1 Å². The Morgan fingerprint density at radius 3 is 1.94 bits per heavy atom. The third-order valence-electron chi connectivity index (χ3n) is 1.81. The first-order valence-corrected chi connectivity index (χ1v) is 4.78. The van der Waals surface area contributed by atoms with E-state index in [9.17, 15) is 26.3 Å². The molecule has 0 unspecified atom stereocenters. The first-order valence-electron chi connectivity index (χ1n) is 4.78. The van der Waals surface area contributed by atoms with Gasteiger partial charge in [-0.1, -0.05) is 12.1 Å². The van der Waals surface area contributed by atoms with Gasteiger partial charge >= 0.3 is 12.5 Å². The largest absolute Gasteiger partial charge is 0.573 e. The summed E-state index contributed by atoms with van der Waals surface area (Å²) in [5, 5.41) is 2.12. The molecule has 0 spiro atoms. The lowest BCUT2D eigenvalue weighted by atomic mass is 10.2. The summed E-state index contributed by atoms with van der Waals surface area (Å²) in [7, 11) is 0. The summed E-state index contributed by atoms with van der Waals surface area (Å²) in [4.78, 5) is 0. The van der Waals surface area contributed by atoms with E-state index in [1.165, 1.54) is 12.1 Å². The average Bonchev–Trinajstić information content (AvgIpc) is 2.16. The lowest BCUT2D eigenvalue weighted by Crippen LogP contribution is -2.28. The van der Waals surface area contributed by atoms with Crippen molar-refractivity contribution in [3.05, 3.63) is 29.8 Å². The second-order valence-electron chi connectivity index (χ2n) is 3.41. The number of hydrogen-bond acceptors (Lipinski definition) is 2. The first kappa shape index (κ1) is 14.6. The zero-order valence-electron chi connectivity index (χ0n) is 8.90. The Bertz CT molecular complexity index is 369. The van der Waals surface area contributed by atoms with Gasteiger partial charge in [0.15, 0.2) is 0 Å². The summed E-state index contributed by atoms with van der Waals surface area (Å²) in [6.07, 6.45) is -9.10. The Morgan fingerprint density at radius 1 is 0.944 bits per heavy atom. The van der Waals surface area contributed by atoms with Crippen LogP contribution in [0.2, 0.25) is 0 Å². The summed E-state index contributed by atoms with van der Waals surface area (Å²) in [5.41, 5.74) is 0.425. The highest BCUT2D eigenvalue weighted by Gasteiger charge is 2.31. The van der Waals surface area contributed by atoms with Crippen LogP contribution in [0.25, 0.3) is 0 Å². The van der Waals surface area contributed by atoms with E-state index < -0.39 is 24.8 Å². The molecular formula is C10H9F6NO. The Hall–Kier alpha value is -1.44. The van der Waals surface area contributed by atoms with Crippen molar-refractivity contribution in [2.45, 2.75) is 19.1 Å². The lowest BCUT2D eigenvalue weighted by Gasteiger charge is -2.10. The van der Waals surface area contributed by atoms with E-state index in [1.54, 1.807) is 0 Å². The van der Waals surface area contributed by atoms with Crippen molar-refractivity contribution in [2.75, 3.05) is 6.54 Å². The smallest absolute Gasteiger partial charge is 0.406 e. The molecule has 0 aliphatic heterocycles. The standard InChI is InChI=1S/C10H9F6NO/c11-9(12,13)6-17-5-7-1-3-8(4-2-7)18-10(14,15)16/h1-4,17H,5-6H2. The van der Waals surface area contributed by atoms with Crippen molar-refractivity contribution in [3.63, 3.8) is 0 Å². The molecular weight excluding hydrogens is 264 g/mol. The van der Waals surface area contributed by atoms with E-state index >= 15 is 0 Å². The van der Waals surface area contributed by atoms with Crippen LogP contribution in [0.15, 0.2) is 24.3 Å². The summed E-state index contributed by atoms with van der Waals surface area (Å²) < 4.78 is 74.5. The zero-order valence-corrected chi connectivity index (χ0v) is 8.90. The maximum absolute atomic E-state index is 11.8. The molecule has 0 aliphatic carbocycles. The molecule has 0 saturated carbocycles. The molecule has 0 heterocycles. The molecule has 0 aromatic heterocycles. The van der Waals surface area contributed by atoms with Crippen LogP contribution in [0, 0.1) is 0 Å². The van der Waals surface area contributed by atoms with Gasteiger partial charge in [0.05, 0.1) is 6.54 Å². The maximum Gasteiger partial charge on any atom is 0.573 e. The summed E-state index contributed by atoms with van der Waals surface area (Å²) in [6, 6.07) is 4.59. The lowest BCUT2D eigenvalue weighted by molar-refractivity contribution is -0.274. The van der Waals surface area contributed by atoms with E-state index in [0.29, 0.717) is 5.56 Å². The van der Waals surface area contributed by atoms with E-state index in [4.69, 9.17) is 0 Å². The SMILES string of the molecule is FC(F)(F)CNCc1ccc(OC(F)(F)F)cc1. The van der Waals surface area contributed by atoms with Gasteiger partial charge in [-0.25, -0.2) is 0 Å². The quantitative estimate of drug-likeness (QED) is 0.850. The van der Waals surface area contributed by atoms with Crippen molar-refractivity contribution < 1.29 is 31.1 Å². The topological polar surface area (TPSA) is 21.3 Å². The molecule has 0 bridgehead atoms. The number of halogens is 6. The fourth-order valence-electron chi connectivity index (χ4n) is 1.16. The van der Waals surface area contributed by atoms with Crippen LogP contribution in [0.4, 0.5) is 26.3 Å². The zero-order chi connectivity index (χ0) is 13.8. The van der Waals surface area contributed by atoms with Crippen molar-refractivity contribution in [1.29, 1.82) is 0 Å². The fourth-order valence-corrected chi connectivity index (χ4v) is 1.16. The third kappa shape index (κ3) is 6.33. The Balaban J connectivity index is 2.46. The van der Waals surface area contributed by atoms with Crippen LogP contribution in [-0.4, -0.2) is 19.1 Å². The second-order valence-corrected chi connectivity index (χ2v) is 3.41. The Morgan fingerprint density at radius 2 is 1.50 bits per heavy atom. The number of rotatable bonds is 4. The molecule has 18 heavy (non-hydrogen) atoms. The van der Waals surface area contributed by atoms with Crippen molar-refractivity contribution in [2.24, 2.45) is 0 Å². The van der Waals surface area contributed by atoms with Gasteiger partial charge in [-0.3, -0.25) is 0 Å². The first-order chi connectivity index (χ1) is 8.16. The summed E-state index contributed by atoms with van der Waals surface area (Å²) >= 11 is 0. The predicted octanol–water partition coefficient (Wildman–Crippen LogP) is 3.24. The van der Waals surface area contributed by atoms with Crippen LogP contribution in [0.5, 0.6) is 5.75 Å². The van der Waals surface area contributed by atoms with Crippen LogP contribution in [-0.2, 0) is 6.54 Å². The van der Waals surface area contributed by atoms with Gasteiger partial charge in [0.1, 0.15) is 5.75 Å². The van der Waals surface area contributed by atoms with Gasteiger partial charge in [0.2, 0.25) is 0 Å². The molecule has 1 rings (SSSR count). The highest BCUT2D eigenvalue weighted by atomic mass is 19.4. The molecule has 2 nitrogen and oxygen atoms in total. The maximum atomic E-state index is 11.8. The third-order valence-corrected chi connectivity index (χ3v) is 1.81. The van der Waals surface area contributed by atoms with E-state index in [1.807, 2.05) is 0 Å². The number of nitrogens with one attached hydrogen (secondary N) is 1. The molecule has 0 radical (unpaired) electrons. The second kappa shape index (κ2) is 5.47. The summed E-state index contributed by atoms with van der Waals surface area (Å²) in [5.74, 6) is -0.415. The Labute approximate surface area is 98.5 Å². The average molecular weight is 273 g/mol. The minimum atomic E-state index is -4.78. The Kier molecular flexibility index (Phi) is 4.44. The molecule has 8 heteroatoms. The normalized spacial score (nSPS) is 12.6. The van der Waals surface area contributed by atoms with Gasteiger partial charge in [0.25, 0.3) is 0 Å². The molecule has 1 aromatic carbocycles. The van der Waals surface area contributed by atoms with Gasteiger partial charge < -0.3 is 10.1 Å². The monoisotopic (exact) mass is 273 g/mol. The minimum absolute atomic E-state index is 0.0915. The number of benzene rings is 1. The molecule has 0 fully saturated rings. The fraction of sp³-hybridized carbons (Fsp3) is 0.400. The molecule has 102 valence electrons. The van der Waals surface area contributed by atoms with Crippen molar-refractivity contribution >= 4 is 0 Å². The van der Waals surface area contributed by atoms with Crippen LogP contribution in [0.1, 0.15) is 5.56 Å². The molecule has 0 atom stereocenters. The predicted molar refractivity (Wildman–Crippen MR) is 50.9 cm³/mol. The van der Waals surface area contributed by atoms with Gasteiger partial charge in [-0.05, 0) is 17.7 Å². The van der Waals surface area contributed by atoms with Crippen LogP contribution < -0.4 is 10.1 Å². The highest BCUT2D eigenvalue weighted by Crippen LogP contribution is 2.22. The van der Waals surface area contributed by atoms with Gasteiger partial charge in [-0.15, -0.1) is 13.2 Å². The molecule has 0 saturated heterocycles. The van der Waals surface area contributed by atoms with Gasteiger partial charge in [-0.2, -0.15) is 13.2 Å². The molecule has 1 aromatic rings. The molecule has 0 amide bonds. The number of hydrogen-bond donors (Lipinski definition) is 1. The molecule has 0 aliphatic rings. The summed E-state index contributed by atoms with van der Waals surface area (Å²) in [6.45, 7) is -1.25. The van der Waals surface area contributed by atoms with E-state index in [0.717, 1.165) is 12.1 Å². The van der Waals surface area contributed by atoms with E-state index in [-0.39, 0.29) is 6.54 Å². The molecule has 1 N–H and O–H groups in total. The number of alkyl halides is 6. The minimum Gasteiger partial charge on any atom is -0.406 e. The van der Waals surface area contributed by atoms with Gasteiger partial charge in [0, 0.05) is 6.54 Å².